The van der Waals surface area contributed by atoms with Gasteiger partial charge in [0.05, 0.1) is 0 Å². The number of halogens is 1. The highest BCUT2D eigenvalue weighted by molar-refractivity contribution is 6.31. The molecule has 0 amide bonds. The molecule has 2 aromatic carbocycles. The van der Waals surface area contributed by atoms with Crippen LogP contribution in [0.2, 0.25) is 5.02 Å². The van der Waals surface area contributed by atoms with Crippen molar-refractivity contribution < 1.29 is 9.90 Å². The molecule has 0 heterocycles. The molecule has 0 bridgehead atoms. The Morgan fingerprint density at radius 1 is 1.17 bits per heavy atom. The highest BCUT2D eigenvalue weighted by Gasteiger charge is 2.20. The third-order valence-corrected chi connectivity index (χ3v) is 2.88. The maximum Gasteiger partial charge on any atom is 0.197 e. The number of anilines is 1. The number of ketones is 1. The Kier molecular flexibility index (Phi) is 3.65. The van der Waals surface area contributed by atoms with Gasteiger partial charge in [0.25, 0.3) is 0 Å². The van der Waals surface area contributed by atoms with Gasteiger partial charge in [-0.05, 0) is 23.8 Å². The van der Waals surface area contributed by atoms with Gasteiger partial charge in [-0.15, -0.1) is 0 Å². The second-order valence-corrected chi connectivity index (χ2v) is 4.35. The van der Waals surface area contributed by atoms with Crippen LogP contribution in [0.5, 0.6) is 0 Å². The van der Waals surface area contributed by atoms with E-state index in [1.165, 1.54) is 12.1 Å². The quantitative estimate of drug-likeness (QED) is 0.660. The normalized spacial score (nSPS) is 12.1. The number of benzene rings is 2. The van der Waals surface area contributed by atoms with E-state index >= 15 is 0 Å². The lowest BCUT2D eigenvalue weighted by atomic mass is 9.99. The first-order valence-corrected chi connectivity index (χ1v) is 5.79. The van der Waals surface area contributed by atoms with Gasteiger partial charge < -0.3 is 10.8 Å². The van der Waals surface area contributed by atoms with Crippen molar-refractivity contribution in [2.75, 3.05) is 5.73 Å². The summed E-state index contributed by atoms with van der Waals surface area (Å²) in [5.41, 5.74) is 6.80. The number of hydrogen-bond donors (Lipinski definition) is 2. The van der Waals surface area contributed by atoms with Crippen LogP contribution in [0.25, 0.3) is 0 Å². The van der Waals surface area contributed by atoms with E-state index < -0.39 is 11.9 Å². The van der Waals surface area contributed by atoms with E-state index in [1.807, 2.05) is 6.07 Å². The van der Waals surface area contributed by atoms with E-state index in [0.29, 0.717) is 10.6 Å². The topological polar surface area (TPSA) is 63.3 Å². The molecular weight excluding hydrogens is 250 g/mol. The molecule has 18 heavy (non-hydrogen) atoms. The molecule has 92 valence electrons. The smallest absolute Gasteiger partial charge is 0.197 e. The molecule has 3 N–H and O–H groups in total. The van der Waals surface area contributed by atoms with Gasteiger partial charge in [-0.1, -0.05) is 41.9 Å². The Morgan fingerprint density at radius 2 is 1.83 bits per heavy atom. The largest absolute Gasteiger partial charge is 0.398 e. The van der Waals surface area contributed by atoms with Crippen LogP contribution in [0.1, 0.15) is 22.0 Å². The van der Waals surface area contributed by atoms with Crippen molar-refractivity contribution in [2.45, 2.75) is 6.10 Å². The zero-order valence-electron chi connectivity index (χ0n) is 9.51. The molecule has 0 fully saturated rings. The molecule has 2 aromatic rings. The molecule has 1 atom stereocenters. The minimum Gasteiger partial charge on any atom is -0.398 e. The van der Waals surface area contributed by atoms with E-state index in [1.54, 1.807) is 30.3 Å². The van der Waals surface area contributed by atoms with Gasteiger partial charge >= 0.3 is 0 Å². The minimum absolute atomic E-state index is 0.266. The van der Waals surface area contributed by atoms with Crippen LogP contribution < -0.4 is 5.73 Å². The second-order valence-electron chi connectivity index (χ2n) is 3.91. The zero-order chi connectivity index (χ0) is 13.1. The Labute approximate surface area is 110 Å². The maximum absolute atomic E-state index is 12.1. The van der Waals surface area contributed by atoms with E-state index in [2.05, 4.69) is 0 Å². The maximum atomic E-state index is 12.1. The van der Waals surface area contributed by atoms with Crippen LogP contribution in [0, 0.1) is 0 Å². The summed E-state index contributed by atoms with van der Waals surface area (Å²) in [5.74, 6) is -0.435. The Morgan fingerprint density at radius 3 is 2.44 bits per heavy atom. The fourth-order valence-corrected chi connectivity index (χ4v) is 1.87. The van der Waals surface area contributed by atoms with E-state index in [4.69, 9.17) is 17.3 Å². The third-order valence-electron chi connectivity index (χ3n) is 2.64. The van der Waals surface area contributed by atoms with E-state index in [9.17, 15) is 9.90 Å². The van der Waals surface area contributed by atoms with Crippen molar-refractivity contribution >= 4 is 23.1 Å². The van der Waals surface area contributed by atoms with Crippen molar-refractivity contribution in [2.24, 2.45) is 0 Å². The third kappa shape index (κ3) is 2.53. The summed E-state index contributed by atoms with van der Waals surface area (Å²) in [5, 5.41) is 10.5. The lowest BCUT2D eigenvalue weighted by Gasteiger charge is -2.11. The van der Waals surface area contributed by atoms with Gasteiger partial charge in [-0.25, -0.2) is 0 Å². The van der Waals surface area contributed by atoms with Crippen LogP contribution in [-0.4, -0.2) is 10.9 Å². The molecule has 4 heteroatoms. The first-order chi connectivity index (χ1) is 8.59. The molecule has 0 spiro atoms. The van der Waals surface area contributed by atoms with Gasteiger partial charge in [-0.3, -0.25) is 4.79 Å². The zero-order valence-corrected chi connectivity index (χ0v) is 10.3. The lowest BCUT2D eigenvalue weighted by molar-refractivity contribution is 0.0748. The molecule has 0 aliphatic rings. The lowest BCUT2D eigenvalue weighted by Crippen LogP contribution is -2.14. The van der Waals surface area contributed by atoms with Gasteiger partial charge in [0, 0.05) is 16.3 Å². The summed E-state index contributed by atoms with van der Waals surface area (Å²) < 4.78 is 0. The van der Waals surface area contributed by atoms with Crippen molar-refractivity contribution in [1.29, 1.82) is 0 Å². The second kappa shape index (κ2) is 5.21. The van der Waals surface area contributed by atoms with Crippen LogP contribution in [-0.2, 0) is 0 Å². The Hall–Kier alpha value is -1.84. The number of Topliss-reactive ketones (excluding diaryl/α,β-unsaturated/α-hetero) is 1. The molecule has 0 aliphatic carbocycles. The first-order valence-electron chi connectivity index (χ1n) is 5.42. The van der Waals surface area contributed by atoms with Crippen LogP contribution in [0.15, 0.2) is 48.5 Å². The minimum atomic E-state index is -1.21. The molecule has 0 saturated heterocycles. The molecule has 0 radical (unpaired) electrons. The number of carbonyl (C=O) groups excluding carboxylic acids is 1. The number of nitrogens with two attached hydrogens (primary N) is 1. The monoisotopic (exact) mass is 261 g/mol. The molecule has 1 unspecified atom stereocenters. The predicted octanol–water partition coefficient (Wildman–Crippen LogP) is 2.84. The van der Waals surface area contributed by atoms with Gasteiger partial charge in [0.15, 0.2) is 5.78 Å². The average molecular weight is 262 g/mol. The number of carbonyl (C=O) groups is 1. The summed E-state index contributed by atoms with van der Waals surface area (Å²) in [4.78, 5) is 12.1. The van der Waals surface area contributed by atoms with Crippen molar-refractivity contribution in [1.82, 2.24) is 0 Å². The molecule has 0 saturated carbocycles. The molecule has 3 nitrogen and oxygen atoms in total. The Balaban J connectivity index is 2.32. The summed E-state index contributed by atoms with van der Waals surface area (Å²) >= 11 is 5.76. The molecule has 2 rings (SSSR count). The summed E-state index contributed by atoms with van der Waals surface area (Å²) in [6.07, 6.45) is -1.21. The first kappa shape index (κ1) is 12.6. The fourth-order valence-electron chi connectivity index (χ4n) is 1.69. The number of aliphatic hydroxyl groups excluding tert-OH is 1. The standard InChI is InChI=1S/C14H12ClNO2/c15-10-6-7-11(12(16)8-10)14(18)13(17)9-4-2-1-3-5-9/h1-8,13,17H,16H2. The van der Waals surface area contributed by atoms with Crippen molar-refractivity contribution in [3.05, 3.63) is 64.7 Å². The van der Waals surface area contributed by atoms with Crippen LogP contribution in [0.3, 0.4) is 0 Å². The summed E-state index contributed by atoms with van der Waals surface area (Å²) in [6, 6.07) is 13.3. The summed E-state index contributed by atoms with van der Waals surface area (Å²) in [6.45, 7) is 0. The highest BCUT2D eigenvalue weighted by Crippen LogP contribution is 2.24. The average Bonchev–Trinajstić information content (AvgIpc) is 2.38. The van der Waals surface area contributed by atoms with Crippen LogP contribution in [0.4, 0.5) is 5.69 Å². The number of hydrogen-bond acceptors (Lipinski definition) is 3. The number of nitrogen functional groups attached to an aromatic ring is 1. The Bertz CT molecular complexity index is 569. The molecule has 0 aliphatic heterocycles. The van der Waals surface area contributed by atoms with Crippen molar-refractivity contribution in [3.63, 3.8) is 0 Å². The number of aliphatic hydroxyl groups is 1. The molecule has 0 aromatic heterocycles. The summed E-state index contributed by atoms with van der Waals surface area (Å²) in [7, 11) is 0. The van der Waals surface area contributed by atoms with Crippen molar-refractivity contribution in [3.8, 4) is 0 Å². The van der Waals surface area contributed by atoms with E-state index in [-0.39, 0.29) is 11.3 Å². The molecular formula is C14H12ClNO2. The van der Waals surface area contributed by atoms with Crippen LogP contribution >= 0.6 is 11.6 Å². The number of rotatable bonds is 3. The van der Waals surface area contributed by atoms with Gasteiger partial charge in [0.1, 0.15) is 6.10 Å². The predicted molar refractivity (Wildman–Crippen MR) is 71.6 cm³/mol. The highest BCUT2D eigenvalue weighted by atomic mass is 35.5. The van der Waals surface area contributed by atoms with E-state index in [0.717, 1.165) is 0 Å². The fraction of sp³-hybridized carbons (Fsp3) is 0.0714. The van der Waals surface area contributed by atoms with Gasteiger partial charge in [0.2, 0.25) is 0 Å². The SMILES string of the molecule is Nc1cc(Cl)ccc1C(=O)C(O)c1ccccc1. The van der Waals surface area contributed by atoms with Gasteiger partial charge in [-0.2, -0.15) is 0 Å².